The fourth-order valence-electron chi connectivity index (χ4n) is 11.6. The molecule has 2 aliphatic carbocycles. The summed E-state index contributed by atoms with van der Waals surface area (Å²) in [7, 11) is 0. The van der Waals surface area contributed by atoms with Gasteiger partial charge < -0.3 is 4.42 Å². The summed E-state index contributed by atoms with van der Waals surface area (Å²) < 4.78 is 8.71. The summed E-state index contributed by atoms with van der Waals surface area (Å²) in [5.74, 6) is 1.75. The number of para-hydroxylation sites is 1. The van der Waals surface area contributed by atoms with Crippen molar-refractivity contribution < 1.29 is 4.42 Å². The predicted molar refractivity (Wildman–Crippen MR) is 291 cm³/mol. The molecule has 5 nitrogen and oxygen atoms in total. The Kier molecular flexibility index (Phi) is 9.30. The van der Waals surface area contributed by atoms with Gasteiger partial charge in [-0.3, -0.25) is 4.57 Å². The van der Waals surface area contributed by atoms with Gasteiger partial charge in [-0.15, -0.1) is 0 Å². The lowest BCUT2D eigenvalue weighted by Gasteiger charge is -2.23. The van der Waals surface area contributed by atoms with Gasteiger partial charge >= 0.3 is 0 Å². The highest BCUT2D eigenvalue weighted by molar-refractivity contribution is 6.06. The van der Waals surface area contributed by atoms with E-state index in [4.69, 9.17) is 19.4 Å². The van der Waals surface area contributed by atoms with Crippen molar-refractivity contribution in [2.75, 3.05) is 0 Å². The van der Waals surface area contributed by atoms with Gasteiger partial charge in [0.05, 0.1) is 5.52 Å². The van der Waals surface area contributed by atoms with E-state index in [2.05, 4.69) is 206 Å². The van der Waals surface area contributed by atoms with Crippen molar-refractivity contribution in [2.45, 2.75) is 31.6 Å². The summed E-state index contributed by atoms with van der Waals surface area (Å²) in [6, 6.07) is 76.1. The molecule has 5 heteroatoms. The molecule has 0 radical (unpaired) electrons. The Morgan fingerprint density at radius 2 is 1.10 bits per heavy atom. The van der Waals surface area contributed by atoms with Crippen LogP contribution in [0.5, 0.6) is 0 Å². The van der Waals surface area contributed by atoms with Crippen molar-refractivity contribution in [3.8, 4) is 73.2 Å². The summed E-state index contributed by atoms with van der Waals surface area (Å²) >= 11 is 0. The third kappa shape index (κ3) is 6.65. The van der Waals surface area contributed by atoms with Crippen LogP contribution in [0.3, 0.4) is 0 Å². The molecule has 3 heterocycles. The molecule has 0 N–H and O–H groups in total. The van der Waals surface area contributed by atoms with E-state index in [0.29, 0.717) is 17.6 Å². The molecule has 9 aromatic carbocycles. The molecule has 0 saturated carbocycles. The zero-order chi connectivity index (χ0) is 47.2. The predicted octanol–water partition coefficient (Wildman–Crippen LogP) is 16.9. The SMILES string of the molecule is CC1(C)c2ccccc2-c2c(-c3cccc(-c4cccc(C5CC=Cc6c5n(-c5nc(-c7ccccc7)nc(-c7ccc8c(c7)oc7ccccc78)n5)c5ccc(-c7ccccc7)cc65)c4)c3)cccc21. The second-order valence-electron chi connectivity index (χ2n) is 19.5. The Labute approximate surface area is 412 Å². The molecule has 12 aromatic rings. The van der Waals surface area contributed by atoms with E-state index < -0.39 is 0 Å². The first-order chi connectivity index (χ1) is 34.9. The molecule has 2 aliphatic rings. The minimum absolute atomic E-state index is 0.00544. The third-order valence-electron chi connectivity index (χ3n) is 15.0. The molecule has 14 rings (SSSR count). The van der Waals surface area contributed by atoms with Crippen LogP contribution in [0.25, 0.3) is 112 Å². The number of benzene rings is 9. The normalized spacial score (nSPS) is 14.5. The smallest absolute Gasteiger partial charge is 0.238 e. The van der Waals surface area contributed by atoms with Gasteiger partial charge in [-0.1, -0.05) is 202 Å². The van der Waals surface area contributed by atoms with E-state index in [0.717, 1.165) is 61.6 Å². The van der Waals surface area contributed by atoms with Crippen LogP contribution in [0, 0.1) is 0 Å². The van der Waals surface area contributed by atoms with Crippen molar-refractivity contribution in [3.63, 3.8) is 0 Å². The first kappa shape index (κ1) is 41.1. The average molecular weight is 911 g/mol. The largest absolute Gasteiger partial charge is 0.456 e. The Morgan fingerprint density at radius 1 is 0.465 bits per heavy atom. The first-order valence-electron chi connectivity index (χ1n) is 24.5. The molecule has 3 aromatic heterocycles. The highest BCUT2D eigenvalue weighted by Gasteiger charge is 2.37. The Morgan fingerprint density at radius 3 is 1.96 bits per heavy atom. The fraction of sp³-hybridized carbons (Fsp3) is 0.0758. The number of aromatic nitrogens is 4. The topological polar surface area (TPSA) is 56.7 Å². The molecule has 0 aliphatic heterocycles. The molecular formula is C66H46N4O. The van der Waals surface area contributed by atoms with Gasteiger partial charge in [0, 0.05) is 49.9 Å². The zero-order valence-electron chi connectivity index (χ0n) is 39.3. The van der Waals surface area contributed by atoms with Crippen molar-refractivity contribution in [1.82, 2.24) is 19.5 Å². The monoisotopic (exact) mass is 910 g/mol. The average Bonchev–Trinajstić information content (AvgIpc) is 4.06. The quantitative estimate of drug-likeness (QED) is 0.160. The lowest BCUT2D eigenvalue weighted by molar-refractivity contribution is 0.660. The maximum atomic E-state index is 6.40. The van der Waals surface area contributed by atoms with E-state index in [1.807, 2.05) is 36.4 Å². The molecule has 336 valence electrons. The number of allylic oxidation sites excluding steroid dienone is 1. The van der Waals surface area contributed by atoms with Gasteiger partial charge in [0.1, 0.15) is 11.2 Å². The van der Waals surface area contributed by atoms with Crippen LogP contribution in [-0.4, -0.2) is 19.5 Å². The van der Waals surface area contributed by atoms with E-state index in [1.54, 1.807) is 0 Å². The van der Waals surface area contributed by atoms with Crippen LogP contribution in [-0.2, 0) is 5.41 Å². The standard InChI is InChI=1S/C66H46N4O/c1-66(2)56-30-11-9-26-54(56)61-49(27-16-31-57(61)66)46-23-13-21-43(37-46)44-22-14-24-47(38-44)50-28-15-29-53-55-39-45(41-17-5-3-6-18-41)34-36-58(55)70(62(50)53)65-68-63(42-19-7-4-8-20-42)67-64(69-65)48-33-35-52-51-25-10-12-32-59(51)71-60(52)40-48/h3-27,29-40,50H,28H2,1-2H3. The van der Waals surface area contributed by atoms with Gasteiger partial charge in [-0.05, 0) is 104 Å². The van der Waals surface area contributed by atoms with Gasteiger partial charge in [0.25, 0.3) is 0 Å². The summed E-state index contributed by atoms with van der Waals surface area (Å²) in [5.41, 5.74) is 20.6. The van der Waals surface area contributed by atoms with E-state index in [1.165, 1.54) is 61.2 Å². The maximum Gasteiger partial charge on any atom is 0.238 e. The van der Waals surface area contributed by atoms with Crippen molar-refractivity contribution in [1.29, 1.82) is 0 Å². The van der Waals surface area contributed by atoms with Gasteiger partial charge in [-0.25, -0.2) is 4.98 Å². The number of nitrogens with zero attached hydrogens (tertiary/aromatic N) is 4. The van der Waals surface area contributed by atoms with Gasteiger partial charge in [0.2, 0.25) is 5.95 Å². The number of hydrogen-bond acceptors (Lipinski definition) is 4. The Balaban J connectivity index is 0.940. The van der Waals surface area contributed by atoms with Crippen LogP contribution in [0.1, 0.15) is 54.1 Å². The van der Waals surface area contributed by atoms with Crippen LogP contribution in [0.2, 0.25) is 0 Å². The van der Waals surface area contributed by atoms with E-state index in [-0.39, 0.29) is 11.3 Å². The van der Waals surface area contributed by atoms with Crippen LogP contribution in [0.15, 0.2) is 223 Å². The molecule has 0 bridgehead atoms. The highest BCUT2D eigenvalue weighted by atomic mass is 16.3. The molecule has 1 atom stereocenters. The van der Waals surface area contributed by atoms with E-state index >= 15 is 0 Å². The van der Waals surface area contributed by atoms with Gasteiger partial charge in [-0.2, -0.15) is 9.97 Å². The number of furan rings is 1. The number of rotatable bonds is 7. The van der Waals surface area contributed by atoms with Crippen molar-refractivity contribution in [3.05, 3.63) is 246 Å². The van der Waals surface area contributed by atoms with Crippen LogP contribution >= 0.6 is 0 Å². The molecule has 0 spiro atoms. The molecule has 1 unspecified atom stereocenters. The van der Waals surface area contributed by atoms with Crippen LogP contribution < -0.4 is 0 Å². The lowest BCUT2D eigenvalue weighted by Crippen LogP contribution is -2.14. The van der Waals surface area contributed by atoms with Crippen LogP contribution in [0.4, 0.5) is 0 Å². The van der Waals surface area contributed by atoms with Crippen molar-refractivity contribution in [2.24, 2.45) is 0 Å². The van der Waals surface area contributed by atoms with Gasteiger partial charge in [0.15, 0.2) is 11.6 Å². The Bertz CT molecular complexity index is 4120. The Hall–Kier alpha value is -8.93. The molecule has 71 heavy (non-hydrogen) atoms. The molecule has 0 fully saturated rings. The number of hydrogen-bond donors (Lipinski definition) is 0. The third-order valence-corrected chi connectivity index (χ3v) is 15.0. The molecule has 0 saturated heterocycles. The molecular weight excluding hydrogens is 865 g/mol. The highest BCUT2D eigenvalue weighted by Crippen LogP contribution is 2.52. The summed E-state index contributed by atoms with van der Waals surface area (Å²) in [6.45, 7) is 4.70. The second kappa shape index (κ2) is 16.1. The maximum absolute atomic E-state index is 6.40. The lowest BCUT2D eigenvalue weighted by atomic mass is 9.82. The fourth-order valence-corrected chi connectivity index (χ4v) is 11.6. The minimum Gasteiger partial charge on any atom is -0.456 e. The minimum atomic E-state index is -0.0670. The second-order valence-corrected chi connectivity index (χ2v) is 19.5. The molecule has 0 amide bonds. The van der Waals surface area contributed by atoms with E-state index in [9.17, 15) is 0 Å². The number of fused-ring (bicyclic) bond motifs is 9. The van der Waals surface area contributed by atoms with Crippen molar-refractivity contribution >= 4 is 38.9 Å². The summed E-state index contributed by atoms with van der Waals surface area (Å²) in [4.78, 5) is 16.0. The first-order valence-corrected chi connectivity index (χ1v) is 24.5. The summed E-state index contributed by atoms with van der Waals surface area (Å²) in [5, 5.41) is 3.29. The summed E-state index contributed by atoms with van der Waals surface area (Å²) in [6.07, 6.45) is 5.46. The zero-order valence-corrected chi connectivity index (χ0v) is 39.3.